The summed E-state index contributed by atoms with van der Waals surface area (Å²) in [6.45, 7) is 12.0. The number of carboxylic acid groups (broad SMARTS) is 2. The standard InChI is InChI=1S/C5H9NO4.2C2H4/c6-3(5(9)10)1-2-4(7)8;2*1-2/h3H,1-2,6H2,(H,7,8)(H,9,10);2*1-2H2/t3-;;/m0../s1. The third-order valence-electron chi connectivity index (χ3n) is 0.986. The van der Waals surface area contributed by atoms with Crippen LogP contribution >= 0.6 is 0 Å². The Kier molecular flexibility index (Phi) is 18.1. The minimum absolute atomic E-state index is 0.0231. The van der Waals surface area contributed by atoms with E-state index in [-0.39, 0.29) is 12.8 Å². The van der Waals surface area contributed by atoms with Gasteiger partial charge in [-0.15, -0.1) is 26.3 Å². The lowest BCUT2D eigenvalue weighted by atomic mass is 10.2. The molecule has 4 N–H and O–H groups in total. The second kappa shape index (κ2) is 13.9. The van der Waals surface area contributed by atoms with Crippen LogP contribution in [-0.4, -0.2) is 28.2 Å². The van der Waals surface area contributed by atoms with Gasteiger partial charge in [0.25, 0.3) is 0 Å². The molecule has 0 aromatic heterocycles. The van der Waals surface area contributed by atoms with E-state index >= 15 is 0 Å². The van der Waals surface area contributed by atoms with Gasteiger partial charge in [0.2, 0.25) is 0 Å². The van der Waals surface area contributed by atoms with Crippen molar-refractivity contribution < 1.29 is 19.8 Å². The molecular formula is C9H17NO4. The minimum atomic E-state index is -1.17. The molecule has 0 radical (unpaired) electrons. The molecule has 0 amide bonds. The van der Waals surface area contributed by atoms with Crippen molar-refractivity contribution >= 4 is 11.9 Å². The number of nitrogens with two attached hydrogens (primary N) is 1. The highest BCUT2D eigenvalue weighted by Gasteiger charge is 2.12. The smallest absolute Gasteiger partial charge is 0.320 e. The van der Waals surface area contributed by atoms with Crippen LogP contribution in [0.1, 0.15) is 12.8 Å². The Bertz CT molecular complexity index is 168. The van der Waals surface area contributed by atoms with Crippen molar-refractivity contribution in [1.82, 2.24) is 0 Å². The predicted molar refractivity (Wildman–Crippen MR) is 55.0 cm³/mol. The van der Waals surface area contributed by atoms with Crippen LogP contribution in [0.25, 0.3) is 0 Å². The highest BCUT2D eigenvalue weighted by Crippen LogP contribution is 1.93. The average molecular weight is 203 g/mol. The van der Waals surface area contributed by atoms with E-state index in [0.29, 0.717) is 0 Å². The van der Waals surface area contributed by atoms with Crippen LogP contribution in [0, 0.1) is 0 Å². The maximum absolute atomic E-state index is 9.99. The molecule has 0 rings (SSSR count). The van der Waals surface area contributed by atoms with Gasteiger partial charge in [-0.05, 0) is 6.42 Å². The molecule has 0 aliphatic carbocycles. The summed E-state index contributed by atoms with van der Waals surface area (Å²) >= 11 is 0. The molecule has 0 aliphatic heterocycles. The molecule has 0 aliphatic rings. The summed E-state index contributed by atoms with van der Waals surface area (Å²) < 4.78 is 0. The summed E-state index contributed by atoms with van der Waals surface area (Å²) in [6.07, 6.45) is -0.224. The van der Waals surface area contributed by atoms with Gasteiger partial charge in [0.05, 0.1) is 0 Å². The second-order valence-corrected chi connectivity index (χ2v) is 1.88. The van der Waals surface area contributed by atoms with Gasteiger partial charge in [-0.2, -0.15) is 0 Å². The molecule has 0 saturated carbocycles. The molecule has 1 atom stereocenters. The summed E-state index contributed by atoms with van der Waals surface area (Å²) in [5.74, 6) is -2.20. The molecule has 0 heterocycles. The first-order chi connectivity index (χ1) is 6.54. The highest BCUT2D eigenvalue weighted by molar-refractivity contribution is 5.74. The number of hydrogen-bond acceptors (Lipinski definition) is 3. The second-order valence-electron chi connectivity index (χ2n) is 1.88. The van der Waals surface area contributed by atoms with E-state index in [1.54, 1.807) is 0 Å². The fraction of sp³-hybridized carbons (Fsp3) is 0.333. The Morgan fingerprint density at radius 2 is 1.50 bits per heavy atom. The SMILES string of the molecule is C=C.C=C.N[C@@H](CCC(=O)O)C(=O)O. The number of carboxylic acids is 2. The molecule has 0 saturated heterocycles. The fourth-order valence-corrected chi connectivity index (χ4v) is 0.402. The zero-order valence-corrected chi connectivity index (χ0v) is 8.11. The first-order valence-corrected chi connectivity index (χ1v) is 3.74. The zero-order chi connectivity index (χ0) is 12.1. The zero-order valence-electron chi connectivity index (χ0n) is 8.11. The van der Waals surface area contributed by atoms with Crippen LogP contribution in [0.4, 0.5) is 0 Å². The summed E-state index contributed by atoms with van der Waals surface area (Å²) in [7, 11) is 0. The van der Waals surface area contributed by atoms with E-state index < -0.39 is 18.0 Å². The first kappa shape index (κ1) is 18.2. The lowest BCUT2D eigenvalue weighted by Gasteiger charge is -2.01. The molecule has 0 bridgehead atoms. The Labute approximate surface area is 83.5 Å². The predicted octanol–water partition coefficient (Wildman–Crippen LogP) is 0.867. The molecule has 5 nitrogen and oxygen atoms in total. The summed E-state index contributed by atoms with van der Waals surface area (Å²) in [6, 6.07) is -1.06. The van der Waals surface area contributed by atoms with Crippen molar-refractivity contribution in [2.45, 2.75) is 18.9 Å². The van der Waals surface area contributed by atoms with Crippen LogP contribution in [0.3, 0.4) is 0 Å². The Hall–Kier alpha value is -1.62. The maximum atomic E-state index is 9.99. The van der Waals surface area contributed by atoms with Crippen LogP contribution in [-0.2, 0) is 9.59 Å². The summed E-state index contributed by atoms with van der Waals surface area (Å²) in [5, 5.41) is 16.3. The van der Waals surface area contributed by atoms with Crippen LogP contribution in [0.15, 0.2) is 26.3 Å². The number of hydrogen-bond donors (Lipinski definition) is 3. The lowest BCUT2D eigenvalue weighted by Crippen LogP contribution is -2.30. The quantitative estimate of drug-likeness (QED) is 0.588. The van der Waals surface area contributed by atoms with Gasteiger partial charge in [0, 0.05) is 6.42 Å². The van der Waals surface area contributed by atoms with E-state index in [9.17, 15) is 9.59 Å². The fourth-order valence-electron chi connectivity index (χ4n) is 0.402. The van der Waals surface area contributed by atoms with Gasteiger partial charge in [0.1, 0.15) is 6.04 Å². The van der Waals surface area contributed by atoms with Crippen LogP contribution < -0.4 is 5.73 Å². The molecule has 0 spiro atoms. The van der Waals surface area contributed by atoms with Gasteiger partial charge in [0.15, 0.2) is 0 Å². The average Bonchev–Trinajstić information content (AvgIpc) is 2.20. The van der Waals surface area contributed by atoms with Crippen molar-refractivity contribution in [3.05, 3.63) is 26.3 Å². The van der Waals surface area contributed by atoms with Crippen molar-refractivity contribution in [2.75, 3.05) is 0 Å². The Morgan fingerprint density at radius 3 is 1.71 bits per heavy atom. The van der Waals surface area contributed by atoms with Crippen LogP contribution in [0.5, 0.6) is 0 Å². The van der Waals surface area contributed by atoms with Gasteiger partial charge in [-0.1, -0.05) is 0 Å². The van der Waals surface area contributed by atoms with Crippen molar-refractivity contribution in [3.63, 3.8) is 0 Å². The largest absolute Gasteiger partial charge is 0.481 e. The molecule has 0 unspecified atom stereocenters. The molecule has 5 heteroatoms. The normalized spacial score (nSPS) is 9.50. The van der Waals surface area contributed by atoms with E-state index in [2.05, 4.69) is 26.3 Å². The maximum Gasteiger partial charge on any atom is 0.320 e. The third-order valence-corrected chi connectivity index (χ3v) is 0.986. The number of rotatable bonds is 4. The Balaban J connectivity index is -0.000000266. The van der Waals surface area contributed by atoms with Crippen molar-refractivity contribution in [2.24, 2.45) is 5.73 Å². The molecular weight excluding hydrogens is 186 g/mol. The van der Waals surface area contributed by atoms with Gasteiger partial charge < -0.3 is 15.9 Å². The monoisotopic (exact) mass is 203 g/mol. The number of carbonyl (C=O) groups is 2. The molecule has 82 valence electrons. The van der Waals surface area contributed by atoms with E-state index in [0.717, 1.165) is 0 Å². The van der Waals surface area contributed by atoms with Gasteiger partial charge in [-0.3, -0.25) is 9.59 Å². The first-order valence-electron chi connectivity index (χ1n) is 3.74. The molecule has 0 aromatic carbocycles. The highest BCUT2D eigenvalue weighted by atomic mass is 16.4. The summed E-state index contributed by atoms with van der Waals surface area (Å²) in [5.41, 5.74) is 5.00. The summed E-state index contributed by atoms with van der Waals surface area (Å²) in [4.78, 5) is 19.9. The molecule has 14 heavy (non-hydrogen) atoms. The molecule has 0 aromatic rings. The number of aliphatic carboxylic acids is 2. The van der Waals surface area contributed by atoms with Crippen LogP contribution in [0.2, 0.25) is 0 Å². The van der Waals surface area contributed by atoms with E-state index in [1.165, 1.54) is 0 Å². The lowest BCUT2D eigenvalue weighted by molar-refractivity contribution is -0.139. The molecule has 0 fully saturated rings. The van der Waals surface area contributed by atoms with Crippen molar-refractivity contribution in [3.8, 4) is 0 Å². The van der Waals surface area contributed by atoms with Gasteiger partial charge in [-0.25, -0.2) is 0 Å². The Morgan fingerprint density at radius 1 is 1.14 bits per heavy atom. The van der Waals surface area contributed by atoms with Gasteiger partial charge >= 0.3 is 11.9 Å². The topological polar surface area (TPSA) is 101 Å². The third kappa shape index (κ3) is 16.8. The van der Waals surface area contributed by atoms with Crippen molar-refractivity contribution in [1.29, 1.82) is 0 Å². The van der Waals surface area contributed by atoms with E-state index in [1.807, 2.05) is 0 Å². The van der Waals surface area contributed by atoms with E-state index in [4.69, 9.17) is 15.9 Å². The minimum Gasteiger partial charge on any atom is -0.481 e.